The number of nitrogens with one attached hydrogen (secondary N) is 1. The Morgan fingerprint density at radius 3 is 2.49 bits per heavy atom. The third kappa shape index (κ3) is 5.54. The van der Waals surface area contributed by atoms with Gasteiger partial charge < -0.3 is 24.6 Å². The van der Waals surface area contributed by atoms with E-state index in [9.17, 15) is 4.79 Å². The number of aryl methyl sites for hydroxylation is 2. The van der Waals surface area contributed by atoms with Crippen LogP contribution in [0.1, 0.15) is 50.8 Å². The van der Waals surface area contributed by atoms with Crippen LogP contribution >= 0.6 is 0 Å². The molecule has 3 aromatic heterocycles. The van der Waals surface area contributed by atoms with Crippen molar-refractivity contribution in [2.45, 2.75) is 58.1 Å². The maximum Gasteiger partial charge on any atom is 0.410 e. The number of hydrogen-bond donors (Lipinski definition) is 1. The minimum absolute atomic E-state index is 0.257. The maximum absolute atomic E-state index is 12.4. The van der Waals surface area contributed by atoms with Crippen LogP contribution in [0.4, 0.5) is 22.2 Å². The van der Waals surface area contributed by atoms with E-state index in [0.717, 1.165) is 74.6 Å². The van der Waals surface area contributed by atoms with E-state index in [1.807, 2.05) is 51.5 Å². The Morgan fingerprint density at radius 2 is 1.77 bits per heavy atom. The highest BCUT2D eigenvalue weighted by Crippen LogP contribution is 2.36. The maximum atomic E-state index is 12.4. The van der Waals surface area contributed by atoms with Crippen molar-refractivity contribution in [2.24, 2.45) is 0 Å². The van der Waals surface area contributed by atoms with Gasteiger partial charge >= 0.3 is 6.09 Å². The number of carbonyl (C=O) groups excluding carboxylic acids is 1. The summed E-state index contributed by atoms with van der Waals surface area (Å²) < 4.78 is 13.2. The van der Waals surface area contributed by atoms with E-state index in [1.54, 1.807) is 4.90 Å². The molecule has 2 fully saturated rings. The molecule has 0 aromatic carbocycles. The van der Waals surface area contributed by atoms with Crippen LogP contribution in [0.5, 0.6) is 0 Å². The van der Waals surface area contributed by atoms with Crippen LogP contribution in [0.2, 0.25) is 0 Å². The lowest BCUT2D eigenvalue weighted by atomic mass is 9.95. The Bertz CT molecular complexity index is 1320. The van der Waals surface area contributed by atoms with Crippen molar-refractivity contribution in [1.82, 2.24) is 29.6 Å². The molecule has 0 unspecified atom stereocenters. The molecular formula is C28H36N8O3. The fourth-order valence-electron chi connectivity index (χ4n) is 5.41. The summed E-state index contributed by atoms with van der Waals surface area (Å²) in [5.41, 5.74) is 4.99. The molecule has 0 spiro atoms. The fourth-order valence-corrected chi connectivity index (χ4v) is 5.41. The molecule has 39 heavy (non-hydrogen) atoms. The molecule has 11 nitrogen and oxygen atoms in total. The largest absolute Gasteiger partial charge is 0.444 e. The molecule has 11 heteroatoms. The number of hydrogen-bond acceptors (Lipinski definition) is 9. The van der Waals surface area contributed by atoms with Gasteiger partial charge in [0.2, 0.25) is 5.95 Å². The zero-order valence-electron chi connectivity index (χ0n) is 22.9. The van der Waals surface area contributed by atoms with Gasteiger partial charge in [-0.05, 0) is 64.2 Å². The Balaban J connectivity index is 1.12. The van der Waals surface area contributed by atoms with Gasteiger partial charge in [0.25, 0.3) is 0 Å². The van der Waals surface area contributed by atoms with E-state index < -0.39 is 5.60 Å². The molecule has 206 valence electrons. The molecular weight excluding hydrogens is 496 g/mol. The van der Waals surface area contributed by atoms with Crippen LogP contribution in [0.3, 0.4) is 0 Å². The zero-order valence-corrected chi connectivity index (χ0v) is 22.9. The third-order valence-corrected chi connectivity index (χ3v) is 7.44. The average Bonchev–Trinajstić information content (AvgIpc) is 3.38. The van der Waals surface area contributed by atoms with Gasteiger partial charge in [0.05, 0.1) is 35.5 Å². The minimum Gasteiger partial charge on any atom is -0.444 e. The average molecular weight is 533 g/mol. The topological polar surface area (TPSA) is 111 Å². The Labute approximate surface area is 228 Å². The lowest BCUT2D eigenvalue weighted by Gasteiger charge is -2.36. The first-order valence-electron chi connectivity index (χ1n) is 13.8. The summed E-state index contributed by atoms with van der Waals surface area (Å²) in [5.74, 6) is 1.20. The summed E-state index contributed by atoms with van der Waals surface area (Å²) in [6.07, 6.45) is 9.31. The standard InChI is InChI=1S/C28H36N8O3/c1-28(2,3)39-27(37)35-12-10-34(11-13-35)22-6-7-23(29-18-22)32-26-30-16-19-4-5-20-17-31-36(25(20)24(19)33-26)21-8-14-38-15-9-21/h6-7,16-18,21H,4-5,8-15H2,1-3H3,(H,29,30,32,33). The quantitative estimate of drug-likeness (QED) is 0.533. The van der Waals surface area contributed by atoms with Crippen LogP contribution < -0.4 is 10.2 Å². The Kier molecular flexibility index (Phi) is 6.84. The number of pyridine rings is 1. The number of aromatic nitrogens is 5. The SMILES string of the molecule is CC(C)(C)OC(=O)N1CCN(c2ccc(Nc3ncc4c(n3)-c3c(cnn3C3CCOCC3)CC4)nc2)CC1. The Hall–Kier alpha value is -3.73. The van der Waals surface area contributed by atoms with Crippen LogP contribution in [0, 0.1) is 0 Å². The van der Waals surface area contributed by atoms with E-state index >= 15 is 0 Å². The van der Waals surface area contributed by atoms with Crippen LogP contribution in [0.15, 0.2) is 30.7 Å². The monoisotopic (exact) mass is 532 g/mol. The van der Waals surface area contributed by atoms with Gasteiger partial charge in [0.15, 0.2) is 0 Å². The molecule has 0 atom stereocenters. The number of amides is 1. The van der Waals surface area contributed by atoms with Crippen LogP contribution in [0.25, 0.3) is 11.4 Å². The first-order chi connectivity index (χ1) is 18.8. The van der Waals surface area contributed by atoms with Gasteiger partial charge in [0.1, 0.15) is 11.4 Å². The molecule has 2 aliphatic heterocycles. The lowest BCUT2D eigenvalue weighted by molar-refractivity contribution is 0.0240. The minimum atomic E-state index is -0.489. The molecule has 3 aromatic rings. The van der Waals surface area contributed by atoms with Gasteiger partial charge in [-0.2, -0.15) is 5.10 Å². The summed E-state index contributed by atoms with van der Waals surface area (Å²) in [5, 5.41) is 8.03. The van der Waals surface area contributed by atoms with E-state index in [4.69, 9.17) is 19.6 Å². The molecule has 0 saturated carbocycles. The number of nitrogens with zero attached hydrogens (tertiary/aromatic N) is 7. The number of rotatable bonds is 4. The molecule has 6 rings (SSSR count). The fraction of sp³-hybridized carbons (Fsp3) is 0.536. The zero-order chi connectivity index (χ0) is 27.0. The van der Waals surface area contributed by atoms with E-state index in [1.165, 1.54) is 5.56 Å². The molecule has 1 amide bonds. The molecule has 0 radical (unpaired) electrons. The number of carbonyl (C=O) groups is 1. The van der Waals surface area contributed by atoms with Crippen molar-refractivity contribution in [1.29, 1.82) is 0 Å². The molecule has 3 aliphatic rings. The first-order valence-corrected chi connectivity index (χ1v) is 13.8. The van der Waals surface area contributed by atoms with Gasteiger partial charge in [-0.3, -0.25) is 4.68 Å². The smallest absolute Gasteiger partial charge is 0.410 e. The number of anilines is 3. The highest BCUT2D eigenvalue weighted by atomic mass is 16.6. The second kappa shape index (κ2) is 10.4. The molecule has 0 bridgehead atoms. The highest BCUT2D eigenvalue weighted by molar-refractivity contribution is 5.69. The highest BCUT2D eigenvalue weighted by Gasteiger charge is 2.28. The lowest BCUT2D eigenvalue weighted by Crippen LogP contribution is -2.50. The second-order valence-electron chi connectivity index (χ2n) is 11.4. The van der Waals surface area contributed by atoms with Gasteiger partial charge in [0, 0.05) is 51.2 Å². The normalized spacial score (nSPS) is 17.9. The van der Waals surface area contributed by atoms with Gasteiger partial charge in [-0.1, -0.05) is 0 Å². The molecule has 1 aliphatic carbocycles. The predicted molar refractivity (Wildman–Crippen MR) is 147 cm³/mol. The summed E-state index contributed by atoms with van der Waals surface area (Å²) in [4.78, 5) is 30.5. The number of ether oxygens (including phenoxy) is 2. The number of fused-ring (bicyclic) bond motifs is 3. The van der Waals surface area contributed by atoms with Crippen LogP contribution in [-0.2, 0) is 22.3 Å². The van der Waals surface area contributed by atoms with Crippen molar-refractivity contribution in [3.05, 3.63) is 41.9 Å². The Morgan fingerprint density at radius 1 is 1.00 bits per heavy atom. The number of piperazine rings is 1. The second-order valence-corrected chi connectivity index (χ2v) is 11.4. The van der Waals surface area contributed by atoms with E-state index in [-0.39, 0.29) is 6.09 Å². The van der Waals surface area contributed by atoms with Crippen molar-refractivity contribution in [2.75, 3.05) is 49.6 Å². The molecule has 2 saturated heterocycles. The van der Waals surface area contributed by atoms with Crippen LogP contribution in [-0.4, -0.2) is 80.7 Å². The van der Waals surface area contributed by atoms with Crippen molar-refractivity contribution < 1.29 is 14.3 Å². The summed E-state index contributed by atoms with van der Waals surface area (Å²) in [6.45, 7) is 9.88. The van der Waals surface area contributed by atoms with Gasteiger partial charge in [-0.25, -0.2) is 19.7 Å². The van der Waals surface area contributed by atoms with E-state index in [2.05, 4.69) is 24.9 Å². The summed E-state index contributed by atoms with van der Waals surface area (Å²) in [6, 6.07) is 4.31. The van der Waals surface area contributed by atoms with Gasteiger partial charge in [-0.15, -0.1) is 0 Å². The van der Waals surface area contributed by atoms with Crippen molar-refractivity contribution in [3.8, 4) is 11.4 Å². The van der Waals surface area contributed by atoms with E-state index in [0.29, 0.717) is 30.9 Å². The van der Waals surface area contributed by atoms with Crippen molar-refractivity contribution >= 4 is 23.5 Å². The summed E-state index contributed by atoms with van der Waals surface area (Å²) in [7, 11) is 0. The summed E-state index contributed by atoms with van der Waals surface area (Å²) >= 11 is 0. The molecule has 1 N–H and O–H groups in total. The first kappa shape index (κ1) is 25.5. The third-order valence-electron chi connectivity index (χ3n) is 7.44. The molecule has 5 heterocycles. The van der Waals surface area contributed by atoms with Crippen molar-refractivity contribution in [3.63, 3.8) is 0 Å². The predicted octanol–water partition coefficient (Wildman–Crippen LogP) is 3.99.